The van der Waals surface area contributed by atoms with Gasteiger partial charge in [0.05, 0.1) is 7.11 Å². The normalized spacial score (nSPS) is 10.2. The number of carbonyl (C=O) groups is 1. The molecule has 0 bridgehead atoms. The summed E-state index contributed by atoms with van der Waals surface area (Å²) < 4.78 is 5.29. The topological polar surface area (TPSA) is 38.3 Å². The number of rotatable bonds is 6. The first-order valence-corrected chi connectivity index (χ1v) is 7.14. The van der Waals surface area contributed by atoms with Crippen molar-refractivity contribution in [2.75, 3.05) is 7.11 Å². The van der Waals surface area contributed by atoms with E-state index >= 15 is 0 Å². The number of ether oxygens (including phenoxy) is 1. The summed E-state index contributed by atoms with van der Waals surface area (Å²) in [6, 6.07) is 15.9. The lowest BCUT2D eigenvalue weighted by molar-refractivity contribution is -0.121. The molecule has 2 aromatic carbocycles. The summed E-state index contributed by atoms with van der Waals surface area (Å²) in [5, 5.41) is 2.97. The minimum atomic E-state index is 0.0594. The van der Waals surface area contributed by atoms with Gasteiger partial charge in [-0.1, -0.05) is 42.5 Å². The van der Waals surface area contributed by atoms with Crippen molar-refractivity contribution in [2.24, 2.45) is 0 Å². The molecule has 3 nitrogen and oxygen atoms in total. The molecule has 0 aliphatic rings. The van der Waals surface area contributed by atoms with Crippen molar-refractivity contribution in [3.8, 4) is 5.75 Å². The SMILES string of the molecule is COc1ccccc1CCC(=O)NCc1ccccc1C. The van der Waals surface area contributed by atoms with Crippen molar-refractivity contribution in [1.82, 2.24) is 5.32 Å². The van der Waals surface area contributed by atoms with Gasteiger partial charge in [0.25, 0.3) is 0 Å². The van der Waals surface area contributed by atoms with Gasteiger partial charge in [-0.15, -0.1) is 0 Å². The maximum atomic E-state index is 11.9. The lowest BCUT2D eigenvalue weighted by Crippen LogP contribution is -2.23. The quantitative estimate of drug-likeness (QED) is 0.883. The summed E-state index contributed by atoms with van der Waals surface area (Å²) in [6.07, 6.45) is 1.15. The molecule has 2 aromatic rings. The number of nitrogens with one attached hydrogen (secondary N) is 1. The summed E-state index contributed by atoms with van der Waals surface area (Å²) in [5.41, 5.74) is 3.41. The zero-order chi connectivity index (χ0) is 15.1. The van der Waals surface area contributed by atoms with Crippen LogP contribution in [0.3, 0.4) is 0 Å². The minimum Gasteiger partial charge on any atom is -0.496 e. The number of carbonyl (C=O) groups excluding carboxylic acids is 1. The molecular formula is C18H21NO2. The van der Waals surface area contributed by atoms with Crippen molar-refractivity contribution >= 4 is 5.91 Å². The molecule has 0 aromatic heterocycles. The summed E-state index contributed by atoms with van der Waals surface area (Å²) in [7, 11) is 1.65. The highest BCUT2D eigenvalue weighted by molar-refractivity contribution is 5.76. The largest absolute Gasteiger partial charge is 0.496 e. The molecule has 0 unspecified atom stereocenters. The first-order valence-electron chi connectivity index (χ1n) is 7.14. The van der Waals surface area contributed by atoms with E-state index < -0.39 is 0 Å². The van der Waals surface area contributed by atoms with Crippen LogP contribution in [0.25, 0.3) is 0 Å². The predicted octanol–water partition coefficient (Wildman–Crippen LogP) is 3.25. The first-order chi connectivity index (χ1) is 10.2. The lowest BCUT2D eigenvalue weighted by Gasteiger charge is -2.09. The Balaban J connectivity index is 1.84. The molecule has 21 heavy (non-hydrogen) atoms. The van der Waals surface area contributed by atoms with Crippen molar-refractivity contribution in [3.05, 3.63) is 65.2 Å². The Kier molecular flexibility index (Phi) is 5.38. The van der Waals surface area contributed by atoms with E-state index in [2.05, 4.69) is 18.3 Å². The second kappa shape index (κ2) is 7.48. The van der Waals surface area contributed by atoms with Crippen LogP contribution in [0, 0.1) is 6.92 Å². The van der Waals surface area contributed by atoms with Gasteiger partial charge in [-0.2, -0.15) is 0 Å². The summed E-state index contributed by atoms with van der Waals surface area (Å²) in [6.45, 7) is 2.63. The zero-order valence-corrected chi connectivity index (χ0v) is 12.6. The predicted molar refractivity (Wildman–Crippen MR) is 84.3 cm³/mol. The molecule has 0 radical (unpaired) electrons. The highest BCUT2D eigenvalue weighted by atomic mass is 16.5. The van der Waals surface area contributed by atoms with Crippen LogP contribution in [-0.2, 0) is 17.8 Å². The number of para-hydroxylation sites is 1. The van der Waals surface area contributed by atoms with Crippen LogP contribution in [0.4, 0.5) is 0 Å². The highest BCUT2D eigenvalue weighted by Gasteiger charge is 2.06. The fraction of sp³-hybridized carbons (Fsp3) is 0.278. The van der Waals surface area contributed by atoms with Gasteiger partial charge >= 0.3 is 0 Å². The van der Waals surface area contributed by atoms with E-state index in [0.29, 0.717) is 19.4 Å². The average molecular weight is 283 g/mol. The molecule has 0 saturated carbocycles. The van der Waals surface area contributed by atoms with Crippen LogP contribution >= 0.6 is 0 Å². The Morgan fingerprint density at radius 3 is 2.43 bits per heavy atom. The van der Waals surface area contributed by atoms with Gasteiger partial charge in [0, 0.05) is 13.0 Å². The average Bonchev–Trinajstić information content (AvgIpc) is 2.52. The third-order valence-electron chi connectivity index (χ3n) is 3.55. The van der Waals surface area contributed by atoms with E-state index in [1.54, 1.807) is 7.11 Å². The van der Waals surface area contributed by atoms with E-state index in [1.165, 1.54) is 5.56 Å². The molecule has 3 heteroatoms. The Morgan fingerprint density at radius 2 is 1.71 bits per heavy atom. The van der Waals surface area contributed by atoms with E-state index in [4.69, 9.17) is 4.74 Å². The molecule has 0 aliphatic carbocycles. The van der Waals surface area contributed by atoms with E-state index in [-0.39, 0.29) is 5.91 Å². The molecule has 0 atom stereocenters. The second-order valence-corrected chi connectivity index (χ2v) is 5.02. The molecule has 0 spiro atoms. The van der Waals surface area contributed by atoms with Crippen molar-refractivity contribution < 1.29 is 9.53 Å². The van der Waals surface area contributed by atoms with Gasteiger partial charge in [0.1, 0.15) is 5.75 Å². The third kappa shape index (κ3) is 4.35. The molecule has 1 N–H and O–H groups in total. The minimum absolute atomic E-state index is 0.0594. The standard InChI is InChI=1S/C18H21NO2/c1-14-7-3-4-9-16(14)13-19-18(20)12-11-15-8-5-6-10-17(15)21-2/h3-10H,11-13H2,1-2H3,(H,19,20). The zero-order valence-electron chi connectivity index (χ0n) is 12.6. The van der Waals surface area contributed by atoms with E-state index in [1.807, 2.05) is 42.5 Å². The van der Waals surface area contributed by atoms with Crippen molar-refractivity contribution in [2.45, 2.75) is 26.3 Å². The molecule has 0 aliphatic heterocycles. The number of hydrogen-bond acceptors (Lipinski definition) is 2. The second-order valence-electron chi connectivity index (χ2n) is 5.02. The Hall–Kier alpha value is -2.29. The number of aryl methyl sites for hydroxylation is 2. The fourth-order valence-corrected chi connectivity index (χ4v) is 2.25. The number of benzene rings is 2. The summed E-state index contributed by atoms with van der Waals surface area (Å²) in [4.78, 5) is 11.9. The van der Waals surface area contributed by atoms with Crippen LogP contribution in [0.5, 0.6) is 5.75 Å². The molecule has 1 amide bonds. The van der Waals surface area contributed by atoms with Gasteiger partial charge < -0.3 is 10.1 Å². The summed E-state index contributed by atoms with van der Waals surface area (Å²) >= 11 is 0. The molecule has 0 fully saturated rings. The van der Waals surface area contributed by atoms with Crippen molar-refractivity contribution in [3.63, 3.8) is 0 Å². The third-order valence-corrected chi connectivity index (χ3v) is 3.55. The Labute approximate surface area is 126 Å². The maximum Gasteiger partial charge on any atom is 0.220 e. The monoisotopic (exact) mass is 283 g/mol. The van der Waals surface area contributed by atoms with Crippen LogP contribution in [-0.4, -0.2) is 13.0 Å². The number of amides is 1. The highest BCUT2D eigenvalue weighted by Crippen LogP contribution is 2.18. The van der Waals surface area contributed by atoms with Gasteiger partial charge in [0.2, 0.25) is 5.91 Å². The van der Waals surface area contributed by atoms with Crippen LogP contribution < -0.4 is 10.1 Å². The van der Waals surface area contributed by atoms with E-state index in [0.717, 1.165) is 16.9 Å². The fourth-order valence-electron chi connectivity index (χ4n) is 2.25. The van der Waals surface area contributed by atoms with Crippen LogP contribution in [0.2, 0.25) is 0 Å². The molecule has 110 valence electrons. The number of hydrogen-bond donors (Lipinski definition) is 1. The molecule has 0 heterocycles. The van der Waals surface area contributed by atoms with Gasteiger partial charge in [-0.25, -0.2) is 0 Å². The van der Waals surface area contributed by atoms with E-state index in [9.17, 15) is 4.79 Å². The molecule has 0 saturated heterocycles. The molecule has 2 rings (SSSR count). The van der Waals surface area contributed by atoms with Crippen LogP contribution in [0.1, 0.15) is 23.1 Å². The molecular weight excluding hydrogens is 262 g/mol. The smallest absolute Gasteiger partial charge is 0.220 e. The Bertz CT molecular complexity index is 608. The van der Waals surface area contributed by atoms with Crippen LogP contribution in [0.15, 0.2) is 48.5 Å². The number of methoxy groups -OCH3 is 1. The lowest BCUT2D eigenvalue weighted by atomic mass is 10.1. The van der Waals surface area contributed by atoms with Gasteiger partial charge in [-0.05, 0) is 36.1 Å². The van der Waals surface area contributed by atoms with Crippen molar-refractivity contribution in [1.29, 1.82) is 0 Å². The van der Waals surface area contributed by atoms with Gasteiger partial charge in [0.15, 0.2) is 0 Å². The maximum absolute atomic E-state index is 11.9. The summed E-state index contributed by atoms with van der Waals surface area (Å²) in [5.74, 6) is 0.897. The van der Waals surface area contributed by atoms with Gasteiger partial charge in [-0.3, -0.25) is 4.79 Å². The first kappa shape index (κ1) is 15.1. The Morgan fingerprint density at radius 1 is 1.05 bits per heavy atom.